The van der Waals surface area contributed by atoms with Crippen LogP contribution in [-0.2, 0) is 27.7 Å². The minimum atomic E-state index is -3.67. The second kappa shape index (κ2) is 10.9. The molecule has 2 N–H and O–H groups in total. The number of sulfonamides is 1. The predicted molar refractivity (Wildman–Crippen MR) is 140 cm³/mol. The van der Waals surface area contributed by atoms with Crippen molar-refractivity contribution >= 4 is 44.3 Å². The van der Waals surface area contributed by atoms with Crippen molar-refractivity contribution in [1.29, 1.82) is 0 Å². The molecule has 2 aliphatic heterocycles. The van der Waals surface area contributed by atoms with Crippen LogP contribution in [0.2, 0.25) is 0 Å². The number of carbonyl (C=O) groups is 3. The van der Waals surface area contributed by atoms with Gasteiger partial charge in [-0.3, -0.25) is 14.9 Å². The fraction of sp³-hybridized carbons (Fsp3) is 0.480. The molecule has 0 aliphatic carbocycles. The first-order valence-electron chi connectivity index (χ1n) is 12.1. The van der Waals surface area contributed by atoms with Crippen LogP contribution in [0.1, 0.15) is 51.4 Å². The zero-order valence-corrected chi connectivity index (χ0v) is 23.0. The summed E-state index contributed by atoms with van der Waals surface area (Å²) in [6.07, 6.45) is 0.708. The van der Waals surface area contributed by atoms with Gasteiger partial charge in [0.05, 0.1) is 17.6 Å². The van der Waals surface area contributed by atoms with E-state index >= 15 is 0 Å². The molecule has 0 spiro atoms. The molecule has 37 heavy (non-hydrogen) atoms. The molecule has 10 nitrogen and oxygen atoms in total. The first-order valence-corrected chi connectivity index (χ1v) is 14.4. The summed E-state index contributed by atoms with van der Waals surface area (Å²) in [5, 5.41) is 5.30. The van der Waals surface area contributed by atoms with Crippen LogP contribution >= 0.6 is 11.3 Å². The summed E-state index contributed by atoms with van der Waals surface area (Å²) in [6.45, 7) is 6.40. The molecule has 4 rings (SSSR count). The number of carbonyl (C=O) groups excluding carboxylic acids is 3. The number of thiophene rings is 1. The Morgan fingerprint density at radius 1 is 1.05 bits per heavy atom. The van der Waals surface area contributed by atoms with E-state index in [2.05, 4.69) is 20.3 Å². The SMILES string of the molecule is COC(=O)NC(=O)c1c(NC(=O)c2ccc(S(=O)(=O)N3CC(C)CC(C)C3)cc2)sc2c1CCN(C)C2. The van der Waals surface area contributed by atoms with Gasteiger partial charge in [0.15, 0.2) is 0 Å². The molecule has 200 valence electrons. The zero-order chi connectivity index (χ0) is 26.9. The highest BCUT2D eigenvalue weighted by Crippen LogP contribution is 2.37. The number of alkyl carbamates (subject to hydrolysis) is 1. The minimum absolute atomic E-state index is 0.137. The molecule has 3 heterocycles. The van der Waals surface area contributed by atoms with Crippen LogP contribution in [0.25, 0.3) is 0 Å². The molecule has 1 fully saturated rings. The molecule has 2 atom stereocenters. The molecule has 1 aromatic heterocycles. The molecule has 2 unspecified atom stereocenters. The average molecular weight is 549 g/mol. The van der Waals surface area contributed by atoms with Crippen molar-refractivity contribution < 1.29 is 27.5 Å². The number of imide groups is 1. The van der Waals surface area contributed by atoms with Gasteiger partial charge >= 0.3 is 6.09 Å². The van der Waals surface area contributed by atoms with Crippen LogP contribution in [0, 0.1) is 11.8 Å². The van der Waals surface area contributed by atoms with E-state index in [0.717, 1.165) is 23.4 Å². The van der Waals surface area contributed by atoms with E-state index in [1.807, 2.05) is 20.9 Å². The maximum atomic E-state index is 13.2. The zero-order valence-electron chi connectivity index (χ0n) is 21.4. The number of methoxy groups -OCH3 is 1. The van der Waals surface area contributed by atoms with Crippen LogP contribution in [0.5, 0.6) is 0 Å². The van der Waals surface area contributed by atoms with Gasteiger partial charge in [0, 0.05) is 36.6 Å². The molecule has 0 bridgehead atoms. The summed E-state index contributed by atoms with van der Waals surface area (Å²) in [5.41, 5.74) is 1.30. The molecule has 12 heteroatoms. The average Bonchev–Trinajstić information content (AvgIpc) is 3.20. The van der Waals surface area contributed by atoms with Gasteiger partial charge in [0.2, 0.25) is 10.0 Å². The number of rotatable bonds is 5. The quantitative estimate of drug-likeness (QED) is 0.588. The number of hydrogen-bond acceptors (Lipinski definition) is 8. The van der Waals surface area contributed by atoms with Gasteiger partial charge in [0.25, 0.3) is 11.8 Å². The van der Waals surface area contributed by atoms with Crippen LogP contribution < -0.4 is 10.6 Å². The van der Waals surface area contributed by atoms with Crippen molar-refractivity contribution in [2.75, 3.05) is 39.1 Å². The largest absolute Gasteiger partial charge is 0.453 e. The van der Waals surface area contributed by atoms with E-state index in [-0.39, 0.29) is 27.9 Å². The summed E-state index contributed by atoms with van der Waals surface area (Å²) in [5.74, 6) is -0.560. The fourth-order valence-corrected chi connectivity index (χ4v) is 7.97. The standard InChI is InChI=1S/C25H32N4O6S2/c1-15-11-16(2)13-29(12-15)37(33,34)18-7-5-17(6-8-18)22(30)26-24-21(23(31)27-25(32)35-4)19-9-10-28(3)14-20(19)36-24/h5-8,15-16H,9-14H2,1-4H3,(H,26,30)(H,27,31,32). The number of amides is 3. The Labute approximate surface area is 221 Å². The normalized spacial score (nSPS) is 20.6. The van der Waals surface area contributed by atoms with E-state index < -0.39 is 27.9 Å². The molecule has 0 radical (unpaired) electrons. The summed E-state index contributed by atoms with van der Waals surface area (Å²) in [7, 11) is -0.532. The smallest absolute Gasteiger partial charge is 0.413 e. The Morgan fingerprint density at radius 3 is 2.32 bits per heavy atom. The number of ether oxygens (including phenoxy) is 1. The topological polar surface area (TPSA) is 125 Å². The Hall–Kier alpha value is -2.80. The highest BCUT2D eigenvalue weighted by Gasteiger charge is 2.32. The molecule has 2 aliphatic rings. The first-order chi connectivity index (χ1) is 17.5. The van der Waals surface area contributed by atoms with Crippen molar-refractivity contribution in [2.24, 2.45) is 11.8 Å². The lowest BCUT2D eigenvalue weighted by Crippen LogP contribution is -2.42. The monoisotopic (exact) mass is 548 g/mol. The Balaban J connectivity index is 1.56. The van der Waals surface area contributed by atoms with Crippen molar-refractivity contribution in [2.45, 2.75) is 38.1 Å². The second-order valence-electron chi connectivity index (χ2n) is 9.89. The van der Waals surface area contributed by atoms with Gasteiger partial charge in [-0.05, 0) is 61.6 Å². The fourth-order valence-electron chi connectivity index (χ4n) is 4.97. The molecule has 1 saturated heterocycles. The Morgan fingerprint density at radius 2 is 1.70 bits per heavy atom. The number of nitrogens with zero attached hydrogens (tertiary/aromatic N) is 2. The van der Waals surface area contributed by atoms with Crippen LogP contribution in [0.15, 0.2) is 29.2 Å². The van der Waals surface area contributed by atoms with Gasteiger partial charge in [-0.25, -0.2) is 13.2 Å². The predicted octanol–water partition coefficient (Wildman–Crippen LogP) is 3.15. The molecule has 1 aromatic carbocycles. The third-order valence-corrected chi connectivity index (χ3v) is 9.67. The number of likely N-dealkylation sites (N-methyl/N-ethyl adjacent to an activating group) is 1. The highest BCUT2D eigenvalue weighted by molar-refractivity contribution is 7.89. The number of fused-ring (bicyclic) bond motifs is 1. The van der Waals surface area contributed by atoms with Crippen molar-refractivity contribution in [3.63, 3.8) is 0 Å². The van der Waals surface area contributed by atoms with Crippen LogP contribution in [-0.4, -0.2) is 69.3 Å². The van der Waals surface area contributed by atoms with Gasteiger partial charge in [-0.15, -0.1) is 11.3 Å². The maximum Gasteiger partial charge on any atom is 0.413 e. The number of nitrogens with one attached hydrogen (secondary N) is 2. The van der Waals surface area contributed by atoms with Gasteiger partial charge in [-0.2, -0.15) is 4.31 Å². The molecule has 0 saturated carbocycles. The second-order valence-corrected chi connectivity index (χ2v) is 12.9. The van der Waals surface area contributed by atoms with E-state index in [1.165, 1.54) is 47.0 Å². The lowest BCUT2D eigenvalue weighted by atomic mass is 9.94. The summed E-state index contributed by atoms with van der Waals surface area (Å²) >= 11 is 1.29. The number of benzene rings is 1. The summed E-state index contributed by atoms with van der Waals surface area (Å²) < 4.78 is 32.4. The summed E-state index contributed by atoms with van der Waals surface area (Å²) in [6, 6.07) is 5.81. The summed E-state index contributed by atoms with van der Waals surface area (Å²) in [4.78, 5) is 40.8. The van der Waals surface area contributed by atoms with Crippen LogP contribution in [0.4, 0.5) is 9.80 Å². The molecule has 2 aromatic rings. The first kappa shape index (κ1) is 27.2. The van der Waals surface area contributed by atoms with Crippen molar-refractivity contribution in [3.05, 3.63) is 45.8 Å². The third kappa shape index (κ3) is 5.87. The van der Waals surface area contributed by atoms with Crippen LogP contribution in [0.3, 0.4) is 0 Å². The van der Waals surface area contributed by atoms with E-state index in [4.69, 9.17) is 0 Å². The molecule has 3 amide bonds. The van der Waals surface area contributed by atoms with E-state index in [9.17, 15) is 22.8 Å². The maximum absolute atomic E-state index is 13.2. The number of anilines is 1. The van der Waals surface area contributed by atoms with Gasteiger partial charge < -0.3 is 15.0 Å². The van der Waals surface area contributed by atoms with E-state index in [1.54, 1.807) is 0 Å². The van der Waals surface area contributed by atoms with Gasteiger partial charge in [0.1, 0.15) is 5.00 Å². The van der Waals surface area contributed by atoms with E-state index in [0.29, 0.717) is 31.1 Å². The molecular formula is C25H32N4O6S2. The number of hydrogen-bond donors (Lipinski definition) is 2. The highest BCUT2D eigenvalue weighted by atomic mass is 32.2. The number of piperidine rings is 1. The molecular weight excluding hydrogens is 516 g/mol. The lowest BCUT2D eigenvalue weighted by molar-refractivity contribution is 0.0936. The van der Waals surface area contributed by atoms with Crippen molar-refractivity contribution in [1.82, 2.24) is 14.5 Å². The van der Waals surface area contributed by atoms with Crippen molar-refractivity contribution in [3.8, 4) is 0 Å². The Kier molecular flexibility index (Phi) is 8.02. The van der Waals surface area contributed by atoms with Gasteiger partial charge in [-0.1, -0.05) is 13.8 Å². The minimum Gasteiger partial charge on any atom is -0.453 e. The Bertz CT molecular complexity index is 1300. The lowest BCUT2D eigenvalue weighted by Gasteiger charge is -2.34. The third-order valence-electron chi connectivity index (χ3n) is 6.69.